The highest BCUT2D eigenvalue weighted by Crippen LogP contribution is 2.20. The molecule has 0 unspecified atom stereocenters. The summed E-state index contributed by atoms with van der Waals surface area (Å²) >= 11 is 0. The van der Waals surface area contributed by atoms with Crippen molar-refractivity contribution in [1.29, 1.82) is 0 Å². The third-order valence-corrected chi connectivity index (χ3v) is 5.99. The Morgan fingerprint density at radius 2 is 1.70 bits per heavy atom. The molecule has 178 valence electrons. The molecule has 1 amide bonds. The molecule has 37 heavy (non-hydrogen) atoms. The monoisotopic (exact) mass is 484 g/mol. The number of hydrogen-bond acceptors (Lipinski definition) is 6. The van der Waals surface area contributed by atoms with E-state index in [9.17, 15) is 9.59 Å². The second kappa shape index (κ2) is 9.43. The first kappa shape index (κ1) is 22.2. The van der Waals surface area contributed by atoms with Gasteiger partial charge in [0, 0.05) is 42.3 Å². The van der Waals surface area contributed by atoms with Gasteiger partial charge in [-0.1, -0.05) is 30.3 Å². The third kappa shape index (κ3) is 4.43. The number of fused-ring (bicyclic) bond motifs is 2. The molecule has 0 atom stereocenters. The van der Waals surface area contributed by atoms with Crippen molar-refractivity contribution in [3.63, 3.8) is 0 Å². The van der Waals surface area contributed by atoms with Gasteiger partial charge in [0.1, 0.15) is 11.2 Å². The Balaban J connectivity index is 1.38. The molecule has 0 aliphatic rings. The summed E-state index contributed by atoms with van der Waals surface area (Å²) in [6.45, 7) is 0. The number of pyridine rings is 3. The second-order valence-corrected chi connectivity index (χ2v) is 8.50. The van der Waals surface area contributed by atoms with Crippen LogP contribution >= 0.6 is 0 Å². The van der Waals surface area contributed by atoms with Crippen molar-refractivity contribution in [3.8, 4) is 5.69 Å². The van der Waals surface area contributed by atoms with E-state index in [1.807, 2.05) is 42.5 Å². The third-order valence-electron chi connectivity index (χ3n) is 5.99. The summed E-state index contributed by atoms with van der Waals surface area (Å²) in [6, 6.07) is 23.9. The summed E-state index contributed by atoms with van der Waals surface area (Å²) in [4.78, 5) is 44.1. The fraction of sp³-hybridized carbons (Fsp3) is 0.0345. The van der Waals surface area contributed by atoms with Crippen molar-refractivity contribution >= 4 is 33.7 Å². The van der Waals surface area contributed by atoms with Crippen LogP contribution < -0.4 is 10.9 Å². The molecule has 0 aliphatic carbocycles. The number of nitrogens with one attached hydrogen (secondary N) is 1. The van der Waals surface area contributed by atoms with Crippen LogP contribution in [-0.4, -0.2) is 30.4 Å². The molecule has 0 fully saturated rings. The predicted molar refractivity (Wildman–Crippen MR) is 142 cm³/mol. The van der Waals surface area contributed by atoms with Crippen LogP contribution in [0.1, 0.15) is 21.6 Å². The standard InChI is InChI=1S/C29H20N6O2/c36-28(21-15-20-7-1-2-10-24(20)32-18-21)33-22-8-3-9-23(16-22)35-27-25(11-5-13-31-27)34-26(29(35)37)14-19-6-4-12-30-17-19/h1-13,15-18H,14H2,(H,33,36). The number of benzene rings is 2. The van der Waals surface area contributed by atoms with E-state index >= 15 is 0 Å². The largest absolute Gasteiger partial charge is 0.322 e. The van der Waals surface area contributed by atoms with Gasteiger partial charge in [-0.05, 0) is 54.1 Å². The highest BCUT2D eigenvalue weighted by molar-refractivity contribution is 6.05. The molecule has 0 aliphatic heterocycles. The van der Waals surface area contributed by atoms with E-state index in [1.165, 1.54) is 4.57 Å². The van der Waals surface area contributed by atoms with E-state index in [4.69, 9.17) is 0 Å². The minimum Gasteiger partial charge on any atom is -0.322 e. The lowest BCUT2D eigenvalue weighted by molar-refractivity contribution is 0.102. The van der Waals surface area contributed by atoms with Gasteiger partial charge in [-0.15, -0.1) is 0 Å². The lowest BCUT2D eigenvalue weighted by Crippen LogP contribution is -2.25. The van der Waals surface area contributed by atoms with Gasteiger partial charge in [0.2, 0.25) is 0 Å². The highest BCUT2D eigenvalue weighted by atomic mass is 16.1. The molecule has 2 aromatic carbocycles. The topological polar surface area (TPSA) is 103 Å². The number of amides is 1. The van der Waals surface area contributed by atoms with E-state index < -0.39 is 0 Å². The van der Waals surface area contributed by atoms with Crippen LogP contribution in [0.3, 0.4) is 0 Å². The Morgan fingerprint density at radius 1 is 0.838 bits per heavy atom. The van der Waals surface area contributed by atoms with Gasteiger partial charge in [-0.2, -0.15) is 0 Å². The Labute approximate surface area is 211 Å². The van der Waals surface area contributed by atoms with Crippen molar-refractivity contribution in [3.05, 3.63) is 131 Å². The minimum absolute atomic E-state index is 0.280. The van der Waals surface area contributed by atoms with E-state index in [2.05, 4.69) is 25.3 Å². The Kier molecular flexibility index (Phi) is 5.67. The van der Waals surface area contributed by atoms with Crippen LogP contribution in [-0.2, 0) is 6.42 Å². The molecule has 8 nitrogen and oxygen atoms in total. The first-order valence-corrected chi connectivity index (χ1v) is 11.7. The molecule has 1 N–H and O–H groups in total. The summed E-state index contributed by atoms with van der Waals surface area (Å²) < 4.78 is 1.53. The smallest absolute Gasteiger partial charge is 0.278 e. The summed E-state index contributed by atoms with van der Waals surface area (Å²) in [5, 5.41) is 3.80. The van der Waals surface area contributed by atoms with Crippen LogP contribution in [0.25, 0.3) is 27.8 Å². The Hall–Kier alpha value is -5.24. The van der Waals surface area contributed by atoms with E-state index in [-0.39, 0.29) is 11.5 Å². The van der Waals surface area contributed by atoms with Gasteiger partial charge in [0.05, 0.1) is 16.8 Å². The fourth-order valence-electron chi connectivity index (χ4n) is 4.24. The number of carbonyl (C=O) groups excluding carboxylic acids is 1. The lowest BCUT2D eigenvalue weighted by Gasteiger charge is -2.13. The molecular formula is C29H20N6O2. The molecule has 4 aromatic heterocycles. The molecule has 6 rings (SSSR count). The number of carbonyl (C=O) groups is 1. The summed E-state index contributed by atoms with van der Waals surface area (Å²) in [6.07, 6.45) is 6.92. The van der Waals surface area contributed by atoms with Crippen molar-refractivity contribution < 1.29 is 4.79 Å². The molecule has 4 heterocycles. The average molecular weight is 485 g/mol. The van der Waals surface area contributed by atoms with Crippen molar-refractivity contribution in [2.24, 2.45) is 0 Å². The van der Waals surface area contributed by atoms with E-state index in [1.54, 1.807) is 61.2 Å². The molecule has 0 saturated heterocycles. The van der Waals surface area contributed by atoms with Crippen molar-refractivity contribution in [2.45, 2.75) is 6.42 Å². The SMILES string of the molecule is O=C(Nc1cccc(-n2c(=O)c(Cc3cccnc3)nc3cccnc32)c1)c1cnc2ccccc2c1. The van der Waals surface area contributed by atoms with Gasteiger partial charge >= 0.3 is 0 Å². The molecule has 0 saturated carbocycles. The summed E-state index contributed by atoms with van der Waals surface area (Å²) in [7, 11) is 0. The first-order valence-electron chi connectivity index (χ1n) is 11.7. The number of nitrogens with zero attached hydrogens (tertiary/aromatic N) is 5. The van der Waals surface area contributed by atoms with Crippen LogP contribution in [0.5, 0.6) is 0 Å². The lowest BCUT2D eigenvalue weighted by atomic mass is 10.1. The number of para-hydroxylation sites is 1. The summed E-state index contributed by atoms with van der Waals surface area (Å²) in [5.74, 6) is -0.294. The Bertz CT molecular complexity index is 1830. The maximum Gasteiger partial charge on any atom is 0.278 e. The van der Waals surface area contributed by atoms with E-state index in [0.717, 1.165) is 16.5 Å². The van der Waals surface area contributed by atoms with Crippen molar-refractivity contribution in [2.75, 3.05) is 5.32 Å². The number of aromatic nitrogens is 5. The fourth-order valence-corrected chi connectivity index (χ4v) is 4.24. The molecular weight excluding hydrogens is 464 g/mol. The molecule has 0 radical (unpaired) electrons. The zero-order chi connectivity index (χ0) is 25.2. The second-order valence-electron chi connectivity index (χ2n) is 8.50. The minimum atomic E-state index is -0.294. The van der Waals surface area contributed by atoms with Crippen LogP contribution in [0.15, 0.2) is 108 Å². The van der Waals surface area contributed by atoms with Crippen LogP contribution in [0.4, 0.5) is 5.69 Å². The molecule has 0 spiro atoms. The molecule has 8 heteroatoms. The predicted octanol–water partition coefficient (Wildman–Crippen LogP) is 4.57. The normalized spacial score (nSPS) is 11.0. The van der Waals surface area contributed by atoms with E-state index in [0.29, 0.717) is 40.2 Å². The molecule has 6 aromatic rings. The zero-order valence-electron chi connectivity index (χ0n) is 19.6. The van der Waals surface area contributed by atoms with Gasteiger partial charge < -0.3 is 5.32 Å². The number of hydrogen-bond donors (Lipinski definition) is 1. The van der Waals surface area contributed by atoms with Crippen molar-refractivity contribution in [1.82, 2.24) is 24.5 Å². The van der Waals surface area contributed by atoms with Crippen LogP contribution in [0.2, 0.25) is 0 Å². The Morgan fingerprint density at radius 3 is 2.59 bits per heavy atom. The van der Waals surface area contributed by atoms with Gasteiger partial charge in [-0.25, -0.2) is 9.97 Å². The zero-order valence-corrected chi connectivity index (χ0v) is 19.6. The van der Waals surface area contributed by atoms with Gasteiger partial charge in [0.15, 0.2) is 5.65 Å². The van der Waals surface area contributed by atoms with Gasteiger partial charge in [-0.3, -0.25) is 24.1 Å². The van der Waals surface area contributed by atoms with Gasteiger partial charge in [0.25, 0.3) is 11.5 Å². The number of rotatable bonds is 5. The maximum absolute atomic E-state index is 13.6. The average Bonchev–Trinajstić information content (AvgIpc) is 2.94. The quantitative estimate of drug-likeness (QED) is 0.385. The number of anilines is 1. The highest BCUT2D eigenvalue weighted by Gasteiger charge is 2.15. The summed E-state index contributed by atoms with van der Waals surface area (Å²) in [5.41, 5.74) is 4.38. The molecule has 0 bridgehead atoms. The maximum atomic E-state index is 13.6. The first-order chi connectivity index (χ1) is 18.2. The van der Waals surface area contributed by atoms with Crippen LogP contribution in [0, 0.1) is 0 Å².